The zero-order valence-electron chi connectivity index (χ0n) is 19.8. The number of fused-ring (bicyclic) bond motifs is 1. The van der Waals surface area contributed by atoms with Gasteiger partial charge < -0.3 is 15.0 Å². The van der Waals surface area contributed by atoms with Gasteiger partial charge >= 0.3 is 0 Å². The molecular formula is C26H28N6O2S. The van der Waals surface area contributed by atoms with Crippen molar-refractivity contribution in [3.63, 3.8) is 0 Å². The number of anilines is 1. The summed E-state index contributed by atoms with van der Waals surface area (Å²) in [5.41, 5.74) is 2.73. The molecule has 1 aliphatic rings. The average Bonchev–Trinajstić information content (AvgIpc) is 3.35. The van der Waals surface area contributed by atoms with Crippen molar-refractivity contribution >= 4 is 29.1 Å². The highest BCUT2D eigenvalue weighted by Gasteiger charge is 2.26. The molecule has 1 fully saturated rings. The number of nitrogens with zero attached hydrogens (tertiary/aromatic N) is 5. The minimum Gasteiger partial charge on any atom is -0.497 e. The van der Waals surface area contributed by atoms with E-state index in [1.165, 1.54) is 4.90 Å². The van der Waals surface area contributed by atoms with Gasteiger partial charge in [-0.05, 0) is 73.2 Å². The van der Waals surface area contributed by atoms with Gasteiger partial charge in [0.1, 0.15) is 11.6 Å². The van der Waals surface area contributed by atoms with Crippen molar-refractivity contribution in [1.29, 1.82) is 0 Å². The van der Waals surface area contributed by atoms with Crippen molar-refractivity contribution in [2.45, 2.75) is 24.3 Å². The Morgan fingerprint density at radius 2 is 1.77 bits per heavy atom. The number of methoxy groups -OCH3 is 1. The van der Waals surface area contributed by atoms with E-state index in [0.29, 0.717) is 18.0 Å². The van der Waals surface area contributed by atoms with Crippen molar-refractivity contribution in [1.82, 2.24) is 25.1 Å². The second-order valence-electron chi connectivity index (χ2n) is 8.54. The van der Waals surface area contributed by atoms with E-state index in [1.54, 1.807) is 23.4 Å². The van der Waals surface area contributed by atoms with Gasteiger partial charge in [0.05, 0.1) is 7.11 Å². The Morgan fingerprint density at radius 1 is 1.03 bits per heavy atom. The van der Waals surface area contributed by atoms with Crippen LogP contribution in [0.25, 0.3) is 17.0 Å². The van der Waals surface area contributed by atoms with Crippen LogP contribution < -0.4 is 15.0 Å². The lowest BCUT2D eigenvalue weighted by Gasteiger charge is -2.32. The summed E-state index contributed by atoms with van der Waals surface area (Å²) in [7, 11) is 1.65. The molecule has 3 heterocycles. The Bertz CT molecular complexity index is 1300. The molecule has 0 saturated carbocycles. The molecule has 8 nitrogen and oxygen atoms in total. The number of piperidine rings is 1. The lowest BCUT2D eigenvalue weighted by Crippen LogP contribution is -2.40. The van der Waals surface area contributed by atoms with E-state index in [1.807, 2.05) is 36.4 Å². The first-order valence-corrected chi connectivity index (χ1v) is 12.9. The number of hydrogen-bond acceptors (Lipinski definition) is 7. The SMILES string of the molecule is COc1ccc(-c2nnc3ccc(N4CCC(C(=O)NCc5ccc(SC)cc5)CC4)nn23)cc1. The molecule has 0 atom stereocenters. The number of benzene rings is 2. The quantitative estimate of drug-likeness (QED) is 0.393. The molecule has 9 heteroatoms. The van der Waals surface area contributed by atoms with Crippen LogP contribution in [-0.4, -0.2) is 52.2 Å². The number of thioether (sulfide) groups is 1. The monoisotopic (exact) mass is 488 g/mol. The summed E-state index contributed by atoms with van der Waals surface area (Å²) in [5.74, 6) is 2.48. The van der Waals surface area contributed by atoms with Gasteiger partial charge in [-0.2, -0.15) is 4.52 Å². The molecule has 4 aromatic rings. The normalized spacial score (nSPS) is 14.3. The summed E-state index contributed by atoms with van der Waals surface area (Å²) in [5, 5.41) is 16.5. The van der Waals surface area contributed by atoms with E-state index >= 15 is 0 Å². The molecule has 0 aliphatic carbocycles. The Hall–Kier alpha value is -3.59. The molecule has 2 aromatic carbocycles. The third-order valence-electron chi connectivity index (χ3n) is 6.41. The van der Waals surface area contributed by atoms with E-state index in [0.717, 1.165) is 48.6 Å². The summed E-state index contributed by atoms with van der Waals surface area (Å²) >= 11 is 1.71. The maximum Gasteiger partial charge on any atom is 0.223 e. The zero-order chi connectivity index (χ0) is 24.2. The first-order valence-electron chi connectivity index (χ1n) is 11.7. The maximum atomic E-state index is 12.7. The number of amides is 1. The fraction of sp³-hybridized carbons (Fsp3) is 0.308. The van der Waals surface area contributed by atoms with Crippen molar-refractivity contribution in [2.24, 2.45) is 5.92 Å². The summed E-state index contributed by atoms with van der Waals surface area (Å²) in [6.07, 6.45) is 3.65. The van der Waals surface area contributed by atoms with Gasteiger partial charge in [-0.1, -0.05) is 12.1 Å². The molecule has 1 N–H and O–H groups in total. The number of aromatic nitrogens is 4. The molecule has 0 radical (unpaired) electrons. The number of carbonyl (C=O) groups excluding carboxylic acids is 1. The average molecular weight is 489 g/mol. The molecule has 0 spiro atoms. The molecule has 2 aromatic heterocycles. The predicted octanol–water partition coefficient (Wildman–Crippen LogP) is 4.05. The Balaban J connectivity index is 1.21. The minimum absolute atomic E-state index is 0.0187. The molecule has 35 heavy (non-hydrogen) atoms. The van der Waals surface area contributed by atoms with E-state index in [2.05, 4.69) is 50.9 Å². The van der Waals surface area contributed by atoms with Crippen molar-refractivity contribution in [3.05, 3.63) is 66.2 Å². The number of carbonyl (C=O) groups is 1. The third-order valence-corrected chi connectivity index (χ3v) is 7.16. The lowest BCUT2D eigenvalue weighted by atomic mass is 9.96. The fourth-order valence-corrected chi connectivity index (χ4v) is 4.72. The van der Waals surface area contributed by atoms with Crippen LogP contribution in [0.5, 0.6) is 5.75 Å². The molecule has 180 valence electrons. The number of ether oxygens (including phenoxy) is 1. The molecule has 1 saturated heterocycles. The summed E-state index contributed by atoms with van der Waals surface area (Å²) < 4.78 is 7.03. The first-order chi connectivity index (χ1) is 17.1. The summed E-state index contributed by atoms with van der Waals surface area (Å²) in [4.78, 5) is 16.2. The van der Waals surface area contributed by atoms with Gasteiger partial charge in [-0.25, -0.2) is 0 Å². The van der Waals surface area contributed by atoms with E-state index in [4.69, 9.17) is 9.84 Å². The molecule has 0 unspecified atom stereocenters. The highest BCUT2D eigenvalue weighted by molar-refractivity contribution is 7.98. The van der Waals surface area contributed by atoms with E-state index in [-0.39, 0.29) is 11.8 Å². The standard InChI is InChI=1S/C26H28N6O2S/c1-34-21-7-5-19(6-8-21)25-29-28-23-11-12-24(30-32(23)25)31-15-13-20(14-16-31)26(33)27-17-18-3-9-22(35-2)10-4-18/h3-12,20H,13-17H2,1-2H3,(H,27,33). The van der Waals surface area contributed by atoms with Gasteiger partial charge in [-0.3, -0.25) is 4.79 Å². The topological polar surface area (TPSA) is 84.7 Å². The number of hydrogen-bond donors (Lipinski definition) is 1. The van der Waals surface area contributed by atoms with Crippen LogP contribution in [0.1, 0.15) is 18.4 Å². The Morgan fingerprint density at radius 3 is 2.46 bits per heavy atom. The summed E-state index contributed by atoms with van der Waals surface area (Å²) in [6, 6.07) is 19.9. The van der Waals surface area contributed by atoms with Crippen LogP contribution in [0.2, 0.25) is 0 Å². The molecular weight excluding hydrogens is 460 g/mol. The highest BCUT2D eigenvalue weighted by Crippen LogP contribution is 2.25. The molecule has 1 amide bonds. The van der Waals surface area contributed by atoms with Gasteiger partial charge in [0.25, 0.3) is 0 Å². The largest absolute Gasteiger partial charge is 0.497 e. The van der Waals surface area contributed by atoms with Crippen molar-refractivity contribution in [2.75, 3.05) is 31.4 Å². The van der Waals surface area contributed by atoms with Gasteiger partial charge in [0, 0.05) is 36.0 Å². The second-order valence-corrected chi connectivity index (χ2v) is 9.42. The molecule has 0 bridgehead atoms. The molecule has 1 aliphatic heterocycles. The van der Waals surface area contributed by atoms with Crippen LogP contribution in [0, 0.1) is 5.92 Å². The maximum absolute atomic E-state index is 12.7. The Kier molecular flexibility index (Phi) is 6.85. The number of rotatable bonds is 7. The molecule has 5 rings (SSSR count). The minimum atomic E-state index is 0.0187. The van der Waals surface area contributed by atoms with Crippen LogP contribution in [-0.2, 0) is 11.3 Å². The third kappa shape index (κ3) is 5.09. The van der Waals surface area contributed by atoms with E-state index < -0.39 is 0 Å². The number of nitrogens with one attached hydrogen (secondary N) is 1. The van der Waals surface area contributed by atoms with Crippen molar-refractivity contribution in [3.8, 4) is 17.1 Å². The van der Waals surface area contributed by atoms with Crippen molar-refractivity contribution < 1.29 is 9.53 Å². The van der Waals surface area contributed by atoms with Crippen LogP contribution in [0.15, 0.2) is 65.6 Å². The fourth-order valence-electron chi connectivity index (χ4n) is 4.32. The smallest absolute Gasteiger partial charge is 0.223 e. The predicted molar refractivity (Wildman–Crippen MR) is 138 cm³/mol. The van der Waals surface area contributed by atoms with Crippen LogP contribution in [0.3, 0.4) is 0 Å². The highest BCUT2D eigenvalue weighted by atomic mass is 32.2. The second kappa shape index (κ2) is 10.4. The van der Waals surface area contributed by atoms with Gasteiger partial charge in [0.2, 0.25) is 5.91 Å². The van der Waals surface area contributed by atoms with Crippen LogP contribution >= 0.6 is 11.8 Å². The zero-order valence-corrected chi connectivity index (χ0v) is 20.7. The van der Waals surface area contributed by atoms with Crippen LogP contribution in [0.4, 0.5) is 5.82 Å². The van der Waals surface area contributed by atoms with Gasteiger partial charge in [-0.15, -0.1) is 27.1 Å². The Labute approximate surface area is 208 Å². The van der Waals surface area contributed by atoms with E-state index in [9.17, 15) is 4.79 Å². The van der Waals surface area contributed by atoms with Gasteiger partial charge in [0.15, 0.2) is 11.5 Å². The first kappa shape index (κ1) is 23.2. The summed E-state index contributed by atoms with van der Waals surface area (Å²) in [6.45, 7) is 2.12. The lowest BCUT2D eigenvalue weighted by molar-refractivity contribution is -0.125.